The fraction of sp³-hybridized carbons (Fsp3) is 0.608. The zero-order valence-corrected chi connectivity index (χ0v) is 54.7. The number of hydrogen-bond donors (Lipinski definition) is 4. The maximum absolute atomic E-state index is 14.0. The van der Waals surface area contributed by atoms with E-state index in [2.05, 4.69) is 29.4 Å². The first-order valence-electron chi connectivity index (χ1n) is 34.3. The van der Waals surface area contributed by atoms with E-state index in [1.165, 1.54) is 228 Å². The Morgan fingerprint density at radius 3 is 1.55 bits per heavy atom. The van der Waals surface area contributed by atoms with E-state index in [0.29, 0.717) is 40.8 Å². The van der Waals surface area contributed by atoms with Crippen LogP contribution in [0, 0.1) is 0 Å². The Labute approximate surface area is 532 Å². The third-order valence-corrected chi connectivity index (χ3v) is 18.0. The van der Waals surface area contributed by atoms with Crippen molar-refractivity contribution in [3.8, 4) is 28.2 Å². The van der Waals surface area contributed by atoms with Crippen molar-refractivity contribution >= 4 is 46.4 Å². The van der Waals surface area contributed by atoms with Crippen LogP contribution in [0.15, 0.2) is 94.1 Å². The molecule has 0 radical (unpaired) electrons. The fourth-order valence-electron chi connectivity index (χ4n) is 11.7. The molecule has 1 heterocycles. The average molecular weight is 1230 g/mol. The van der Waals surface area contributed by atoms with Gasteiger partial charge in [0, 0.05) is 72.6 Å². The van der Waals surface area contributed by atoms with E-state index in [0.717, 1.165) is 44.3 Å². The van der Waals surface area contributed by atoms with Crippen molar-refractivity contribution in [2.45, 2.75) is 231 Å². The highest BCUT2D eigenvalue weighted by Crippen LogP contribution is 2.42. The highest BCUT2D eigenvalue weighted by molar-refractivity contribution is 8.00. The van der Waals surface area contributed by atoms with Crippen LogP contribution in [0.2, 0.25) is 0 Å². The first-order valence-corrected chi connectivity index (χ1v) is 35.4. The smallest absolute Gasteiger partial charge is 0.336 e. The molecular weight excluding hydrogens is 1120 g/mol. The number of aromatic carboxylic acids is 1. The van der Waals surface area contributed by atoms with E-state index in [-0.39, 0.29) is 78.4 Å². The van der Waals surface area contributed by atoms with Gasteiger partial charge in [-0.25, -0.2) is 4.79 Å². The average Bonchev–Trinajstić information content (AvgIpc) is 1.31. The number of carboxylic acids is 1. The Bertz CT molecular complexity index is 2710. The monoisotopic (exact) mass is 1230 g/mol. The second kappa shape index (κ2) is 45.5. The summed E-state index contributed by atoms with van der Waals surface area (Å²) in [5.41, 5.74) is 2.18. The molecule has 0 spiro atoms. The number of thioether (sulfide) groups is 1. The Morgan fingerprint density at radius 2 is 1.03 bits per heavy atom. The molecule has 0 saturated carbocycles. The molecule has 14 heteroatoms. The van der Waals surface area contributed by atoms with E-state index in [9.17, 15) is 34.2 Å². The van der Waals surface area contributed by atoms with Crippen molar-refractivity contribution in [1.29, 1.82) is 0 Å². The van der Waals surface area contributed by atoms with Gasteiger partial charge in [0.1, 0.15) is 22.3 Å². The molecule has 0 saturated heterocycles. The molecule has 0 fully saturated rings. The Kier molecular flexibility index (Phi) is 37.8. The summed E-state index contributed by atoms with van der Waals surface area (Å²) in [6.45, 7) is 7.64. The second-order valence-corrected chi connectivity index (χ2v) is 25.3. The van der Waals surface area contributed by atoms with E-state index < -0.39 is 17.1 Å². The topological polar surface area (TPSA) is 185 Å². The normalized spacial score (nSPS) is 11.8. The van der Waals surface area contributed by atoms with Crippen LogP contribution in [0.25, 0.3) is 33.4 Å². The molecule has 0 bridgehead atoms. The first kappa shape index (κ1) is 73.0. The van der Waals surface area contributed by atoms with Gasteiger partial charge in [-0.15, -0.1) is 11.8 Å². The van der Waals surface area contributed by atoms with E-state index in [1.807, 2.05) is 30.3 Å². The molecule has 1 aliphatic heterocycles. The lowest BCUT2D eigenvalue weighted by atomic mass is 9.90. The molecule has 4 N–H and O–H groups in total. The van der Waals surface area contributed by atoms with E-state index >= 15 is 0 Å². The van der Waals surface area contributed by atoms with Gasteiger partial charge in [-0.05, 0) is 60.4 Å². The number of rotatable bonds is 52. The number of phenols is 1. The lowest BCUT2D eigenvalue weighted by Crippen LogP contribution is -2.34. The molecule has 13 nitrogen and oxygen atoms in total. The van der Waals surface area contributed by atoms with Crippen molar-refractivity contribution in [3.05, 3.63) is 112 Å². The molecule has 2 aliphatic rings. The number of fused-ring (bicyclic) bond motifs is 2. The third kappa shape index (κ3) is 28.8. The quantitative estimate of drug-likeness (QED) is 0.0215. The van der Waals surface area contributed by atoms with E-state index in [4.69, 9.17) is 13.9 Å². The predicted molar refractivity (Wildman–Crippen MR) is 362 cm³/mol. The van der Waals surface area contributed by atoms with Gasteiger partial charge in [-0.3, -0.25) is 19.2 Å². The number of aromatic hydroxyl groups is 1. The number of carbonyl (C=O) groups is 4. The maximum atomic E-state index is 14.0. The largest absolute Gasteiger partial charge is 0.508 e. The molecule has 0 aromatic heterocycles. The van der Waals surface area contributed by atoms with Gasteiger partial charge < -0.3 is 39.6 Å². The number of phenolic OH excluding ortho intramolecular Hbond substituents is 1. The molecule has 486 valence electrons. The summed E-state index contributed by atoms with van der Waals surface area (Å²) in [5, 5.41) is 26.3. The molecule has 88 heavy (non-hydrogen) atoms. The zero-order chi connectivity index (χ0) is 62.7. The van der Waals surface area contributed by atoms with Gasteiger partial charge >= 0.3 is 5.97 Å². The summed E-state index contributed by atoms with van der Waals surface area (Å²) >= 11 is 1.52. The minimum Gasteiger partial charge on any atom is -0.508 e. The number of unbranched alkanes of at least 4 members (excludes halogenated alkanes) is 30. The van der Waals surface area contributed by atoms with Crippen LogP contribution >= 0.6 is 11.8 Å². The minimum atomic E-state index is -1.25. The zero-order valence-electron chi connectivity index (χ0n) is 53.9. The van der Waals surface area contributed by atoms with Crippen molar-refractivity contribution in [2.75, 3.05) is 58.4 Å². The lowest BCUT2D eigenvalue weighted by Gasteiger charge is -2.24. The second-order valence-electron chi connectivity index (χ2n) is 24.1. The van der Waals surface area contributed by atoms with Crippen LogP contribution in [0.1, 0.15) is 257 Å². The fourth-order valence-corrected chi connectivity index (χ4v) is 12.8. The number of amides is 3. The summed E-state index contributed by atoms with van der Waals surface area (Å²) < 4.78 is 17.4. The summed E-state index contributed by atoms with van der Waals surface area (Å²) in [7, 11) is 0. The number of nitrogens with one attached hydrogen (secondary N) is 2. The molecule has 1 unspecified atom stereocenters. The van der Waals surface area contributed by atoms with Crippen molar-refractivity contribution in [2.24, 2.45) is 0 Å². The van der Waals surface area contributed by atoms with Gasteiger partial charge in [0.05, 0.1) is 32.0 Å². The van der Waals surface area contributed by atoms with Crippen LogP contribution in [0.5, 0.6) is 5.75 Å². The van der Waals surface area contributed by atoms with Gasteiger partial charge in [-0.2, -0.15) is 0 Å². The molecule has 5 rings (SSSR count). The van der Waals surface area contributed by atoms with Gasteiger partial charge in [0.15, 0.2) is 5.43 Å². The molecule has 3 aromatic rings. The number of benzene rings is 4. The van der Waals surface area contributed by atoms with Crippen LogP contribution in [-0.2, 0) is 19.1 Å². The Balaban J connectivity index is 0.987. The third-order valence-electron chi connectivity index (χ3n) is 16.8. The molecular formula is C74H109N3O10S. The first-order chi connectivity index (χ1) is 43.1. The molecule has 1 atom stereocenters. The minimum absolute atomic E-state index is 0.0566. The standard InChI is InChI=1S/C74H109N3O10S/c1-3-5-7-9-11-13-15-17-19-21-23-25-27-29-31-36-49-77(50-37-32-30-28-26-24-22-20-18-16-14-12-10-8-6-4-2)69(80)46-55-88-71(59-38-34-33-35-39-59)73(82)76-48-52-86-54-53-85-51-47-75-72(81)60-40-43-63(66(56-60)74(83)84)70-64-44-41-61(78)57-67(64)87-68-58-62(79)42-45-65(68)70/h33-35,38-45,56-58,71,78H,3-32,36-37,46-55H2,1-2H3,(H,75,81)(H,76,82)(H,83,84). The Hall–Kier alpha value is -5.70. The highest BCUT2D eigenvalue weighted by Gasteiger charge is 2.25. The van der Waals surface area contributed by atoms with Crippen molar-refractivity contribution < 1.29 is 43.3 Å². The number of ether oxygens (including phenoxy) is 2. The van der Waals surface area contributed by atoms with Crippen molar-refractivity contribution in [3.63, 3.8) is 0 Å². The summed E-state index contributed by atoms with van der Waals surface area (Å²) in [6.07, 6.45) is 42.8. The number of carbonyl (C=O) groups excluding carboxylic acids is 3. The highest BCUT2D eigenvalue weighted by atomic mass is 32.2. The van der Waals surface area contributed by atoms with E-state index in [1.54, 1.807) is 18.2 Å². The molecule has 3 amide bonds. The van der Waals surface area contributed by atoms with Gasteiger partial charge in [-0.1, -0.05) is 243 Å². The summed E-state index contributed by atoms with van der Waals surface area (Å²) in [6, 6.07) is 22.9. The van der Waals surface area contributed by atoms with Crippen LogP contribution < -0.4 is 16.1 Å². The molecule has 3 aromatic carbocycles. The van der Waals surface area contributed by atoms with Gasteiger partial charge in [0.2, 0.25) is 11.8 Å². The SMILES string of the molecule is CCCCCCCCCCCCCCCCCCN(CCCCCCCCCCCCCCCCCC)C(=O)CCSC(C(=O)NCCOCCOCCNC(=O)c1ccc(-c2c3ccc(=O)cc-3oc3cc(O)ccc23)c(C(=O)O)c1)c1ccccc1. The lowest BCUT2D eigenvalue weighted by molar-refractivity contribution is -0.131. The maximum Gasteiger partial charge on any atom is 0.336 e. The Morgan fingerprint density at radius 1 is 0.545 bits per heavy atom. The number of nitrogens with zero attached hydrogens (tertiary/aromatic N) is 1. The van der Waals surface area contributed by atoms with Crippen LogP contribution in [-0.4, -0.2) is 97.2 Å². The molecule has 1 aliphatic carbocycles. The predicted octanol–water partition coefficient (Wildman–Crippen LogP) is 18.1. The summed E-state index contributed by atoms with van der Waals surface area (Å²) in [5.74, 6) is -0.949. The van der Waals surface area contributed by atoms with Crippen molar-refractivity contribution in [1.82, 2.24) is 15.5 Å². The van der Waals surface area contributed by atoms with Gasteiger partial charge in [0.25, 0.3) is 5.91 Å². The summed E-state index contributed by atoms with van der Waals surface area (Å²) in [4.78, 5) is 67.9. The van der Waals surface area contributed by atoms with Crippen LogP contribution in [0.3, 0.4) is 0 Å². The number of hydrogen-bond acceptors (Lipinski definition) is 10. The number of carboxylic acid groups (broad SMARTS) is 1. The van der Waals surface area contributed by atoms with Crippen LogP contribution in [0.4, 0.5) is 0 Å².